The minimum atomic E-state index is 0.288. The van der Waals surface area contributed by atoms with E-state index in [-0.39, 0.29) is 6.04 Å². The van der Waals surface area contributed by atoms with Crippen LogP contribution < -0.4 is 5.73 Å². The van der Waals surface area contributed by atoms with Crippen molar-refractivity contribution in [3.05, 3.63) is 42.2 Å². The summed E-state index contributed by atoms with van der Waals surface area (Å²) in [6, 6.07) is 4.27. The molecule has 20 heavy (non-hydrogen) atoms. The largest absolute Gasteiger partial charge is 0.326 e. The molecular formula is C14H18N6. The summed E-state index contributed by atoms with van der Waals surface area (Å²) in [4.78, 5) is 8.80. The van der Waals surface area contributed by atoms with Gasteiger partial charge in [-0.1, -0.05) is 0 Å². The molecule has 3 aromatic rings. The molecule has 0 spiro atoms. The van der Waals surface area contributed by atoms with E-state index in [1.165, 1.54) is 0 Å². The SMILES string of the molecule is CC(C)n1ncnc1Cn1cc(CN)c2cccnc21. The number of hydrogen-bond acceptors (Lipinski definition) is 4. The molecule has 0 atom stereocenters. The molecule has 0 aliphatic carbocycles. The summed E-state index contributed by atoms with van der Waals surface area (Å²) < 4.78 is 4.01. The molecule has 3 rings (SSSR count). The van der Waals surface area contributed by atoms with Crippen LogP contribution in [0.3, 0.4) is 0 Å². The van der Waals surface area contributed by atoms with Crippen LogP contribution in [0.4, 0.5) is 0 Å². The average molecular weight is 270 g/mol. The highest BCUT2D eigenvalue weighted by Gasteiger charge is 2.12. The topological polar surface area (TPSA) is 74.5 Å². The Balaban J connectivity index is 2.05. The van der Waals surface area contributed by atoms with Gasteiger partial charge in [-0.05, 0) is 31.5 Å². The van der Waals surface area contributed by atoms with Crippen molar-refractivity contribution in [2.75, 3.05) is 0 Å². The summed E-state index contributed by atoms with van der Waals surface area (Å²) >= 11 is 0. The van der Waals surface area contributed by atoms with E-state index in [4.69, 9.17) is 5.73 Å². The number of rotatable bonds is 4. The van der Waals surface area contributed by atoms with E-state index in [1.54, 1.807) is 12.5 Å². The molecule has 0 amide bonds. The standard InChI is InChI=1S/C14H18N6/c1-10(2)20-13(17-9-18-20)8-19-7-11(6-15)12-4-3-5-16-14(12)19/h3-5,7,9-10H,6,8,15H2,1-2H3. The third-order valence-electron chi connectivity index (χ3n) is 3.38. The molecule has 0 saturated carbocycles. The van der Waals surface area contributed by atoms with E-state index >= 15 is 0 Å². The van der Waals surface area contributed by atoms with Crippen molar-refractivity contribution in [2.24, 2.45) is 5.73 Å². The molecule has 104 valence electrons. The fourth-order valence-corrected chi connectivity index (χ4v) is 2.45. The third kappa shape index (κ3) is 2.08. The van der Waals surface area contributed by atoms with Gasteiger partial charge in [0.15, 0.2) is 0 Å². The van der Waals surface area contributed by atoms with Crippen LogP contribution >= 0.6 is 0 Å². The van der Waals surface area contributed by atoms with Crippen molar-refractivity contribution in [1.82, 2.24) is 24.3 Å². The van der Waals surface area contributed by atoms with Gasteiger partial charge in [-0.25, -0.2) is 14.6 Å². The molecule has 0 aromatic carbocycles. The van der Waals surface area contributed by atoms with E-state index in [2.05, 4.69) is 39.7 Å². The Kier molecular flexibility index (Phi) is 3.23. The molecule has 0 unspecified atom stereocenters. The molecule has 0 fully saturated rings. The zero-order valence-electron chi connectivity index (χ0n) is 11.7. The first-order valence-electron chi connectivity index (χ1n) is 6.72. The highest BCUT2D eigenvalue weighted by Crippen LogP contribution is 2.20. The van der Waals surface area contributed by atoms with Crippen LogP contribution in [0.5, 0.6) is 0 Å². The van der Waals surface area contributed by atoms with Crippen molar-refractivity contribution in [1.29, 1.82) is 0 Å². The zero-order valence-corrected chi connectivity index (χ0v) is 11.7. The molecular weight excluding hydrogens is 252 g/mol. The van der Waals surface area contributed by atoms with Crippen molar-refractivity contribution >= 4 is 11.0 Å². The normalized spacial score (nSPS) is 11.6. The molecule has 6 nitrogen and oxygen atoms in total. The van der Waals surface area contributed by atoms with Gasteiger partial charge in [-0.2, -0.15) is 5.10 Å². The lowest BCUT2D eigenvalue weighted by Gasteiger charge is -2.10. The lowest BCUT2D eigenvalue weighted by molar-refractivity contribution is 0.497. The van der Waals surface area contributed by atoms with Crippen LogP contribution in [-0.2, 0) is 13.1 Å². The fourth-order valence-electron chi connectivity index (χ4n) is 2.45. The van der Waals surface area contributed by atoms with Gasteiger partial charge in [0.2, 0.25) is 0 Å². The summed E-state index contributed by atoms with van der Waals surface area (Å²) in [7, 11) is 0. The van der Waals surface area contributed by atoms with Gasteiger partial charge in [-0.15, -0.1) is 0 Å². The quantitative estimate of drug-likeness (QED) is 0.783. The second-order valence-corrected chi connectivity index (χ2v) is 5.08. The van der Waals surface area contributed by atoms with Gasteiger partial charge in [0.25, 0.3) is 0 Å². The summed E-state index contributed by atoms with van der Waals surface area (Å²) in [6.45, 7) is 5.34. The minimum absolute atomic E-state index is 0.288. The lowest BCUT2D eigenvalue weighted by Crippen LogP contribution is -2.11. The van der Waals surface area contributed by atoms with Gasteiger partial charge in [0.05, 0.1) is 6.54 Å². The second kappa shape index (κ2) is 5.05. The zero-order chi connectivity index (χ0) is 14.1. The number of hydrogen-bond donors (Lipinski definition) is 1. The van der Waals surface area contributed by atoms with Crippen LogP contribution in [-0.4, -0.2) is 24.3 Å². The lowest BCUT2D eigenvalue weighted by atomic mass is 10.2. The smallest absolute Gasteiger partial charge is 0.147 e. The monoisotopic (exact) mass is 270 g/mol. The Bertz CT molecular complexity index is 724. The van der Waals surface area contributed by atoms with E-state index in [0.717, 1.165) is 22.4 Å². The first-order chi connectivity index (χ1) is 9.70. The maximum atomic E-state index is 5.81. The minimum Gasteiger partial charge on any atom is -0.326 e. The van der Waals surface area contributed by atoms with Crippen LogP contribution in [0.15, 0.2) is 30.9 Å². The van der Waals surface area contributed by atoms with Gasteiger partial charge >= 0.3 is 0 Å². The molecule has 6 heteroatoms. The Morgan fingerprint density at radius 2 is 2.15 bits per heavy atom. The van der Waals surface area contributed by atoms with Crippen LogP contribution in [0.25, 0.3) is 11.0 Å². The van der Waals surface area contributed by atoms with Crippen molar-refractivity contribution < 1.29 is 0 Å². The van der Waals surface area contributed by atoms with Crippen LogP contribution in [0.1, 0.15) is 31.3 Å². The van der Waals surface area contributed by atoms with Crippen molar-refractivity contribution in [3.63, 3.8) is 0 Å². The maximum Gasteiger partial charge on any atom is 0.147 e. The second-order valence-electron chi connectivity index (χ2n) is 5.08. The molecule has 0 aliphatic rings. The number of pyridine rings is 1. The summed E-state index contributed by atoms with van der Waals surface area (Å²) in [5.41, 5.74) is 7.84. The number of fused-ring (bicyclic) bond motifs is 1. The first kappa shape index (κ1) is 12.8. The molecule has 3 aromatic heterocycles. The third-order valence-corrected chi connectivity index (χ3v) is 3.38. The van der Waals surface area contributed by atoms with Gasteiger partial charge in [0, 0.05) is 30.4 Å². The van der Waals surface area contributed by atoms with Crippen molar-refractivity contribution in [3.8, 4) is 0 Å². The highest BCUT2D eigenvalue weighted by molar-refractivity contribution is 5.80. The van der Waals surface area contributed by atoms with Crippen LogP contribution in [0.2, 0.25) is 0 Å². The van der Waals surface area contributed by atoms with E-state index < -0.39 is 0 Å². The fraction of sp³-hybridized carbons (Fsp3) is 0.357. The Labute approximate surface area is 117 Å². The molecule has 2 N–H and O–H groups in total. The van der Waals surface area contributed by atoms with E-state index in [0.29, 0.717) is 13.1 Å². The van der Waals surface area contributed by atoms with Gasteiger partial charge in [0.1, 0.15) is 17.8 Å². The molecule has 3 heterocycles. The Morgan fingerprint density at radius 3 is 2.90 bits per heavy atom. The number of aromatic nitrogens is 5. The number of nitrogens with two attached hydrogens (primary N) is 1. The van der Waals surface area contributed by atoms with Crippen molar-refractivity contribution in [2.45, 2.75) is 33.0 Å². The molecule has 0 bridgehead atoms. The van der Waals surface area contributed by atoms with E-state index in [9.17, 15) is 0 Å². The highest BCUT2D eigenvalue weighted by atomic mass is 15.4. The molecule has 0 aliphatic heterocycles. The predicted octanol–water partition coefficient (Wildman–Crippen LogP) is 1.72. The van der Waals surface area contributed by atoms with Crippen LogP contribution in [0, 0.1) is 0 Å². The number of nitrogens with zero attached hydrogens (tertiary/aromatic N) is 5. The first-order valence-corrected chi connectivity index (χ1v) is 6.72. The Hall–Kier alpha value is -2.21. The van der Waals surface area contributed by atoms with Gasteiger partial charge in [-0.3, -0.25) is 0 Å². The predicted molar refractivity (Wildman–Crippen MR) is 77.1 cm³/mol. The molecule has 0 saturated heterocycles. The average Bonchev–Trinajstić information content (AvgIpc) is 3.04. The summed E-state index contributed by atoms with van der Waals surface area (Å²) in [6.07, 6.45) is 5.45. The Morgan fingerprint density at radius 1 is 1.30 bits per heavy atom. The van der Waals surface area contributed by atoms with E-state index in [1.807, 2.05) is 16.8 Å². The maximum absolute atomic E-state index is 5.81. The summed E-state index contributed by atoms with van der Waals surface area (Å²) in [5.74, 6) is 0.922. The molecule has 0 radical (unpaired) electrons. The van der Waals surface area contributed by atoms with Gasteiger partial charge < -0.3 is 10.3 Å². The summed E-state index contributed by atoms with van der Waals surface area (Å²) in [5, 5.41) is 5.37.